The van der Waals surface area contributed by atoms with Gasteiger partial charge in [-0.2, -0.15) is 0 Å². The topological polar surface area (TPSA) is 3.24 Å². The molecule has 1 aliphatic carbocycles. The van der Waals surface area contributed by atoms with Crippen LogP contribution in [0.2, 0.25) is 0 Å². The number of halogens is 2. The van der Waals surface area contributed by atoms with Gasteiger partial charge in [-0.15, -0.1) is 0 Å². The molecule has 0 aromatic heterocycles. The normalized spacial score (nSPS) is 33.6. The molecule has 1 aromatic rings. The van der Waals surface area contributed by atoms with Crippen LogP contribution in [-0.4, -0.2) is 10.4 Å². The molecule has 1 fully saturated rings. The lowest BCUT2D eigenvalue weighted by atomic mass is 9.91. The highest BCUT2D eigenvalue weighted by molar-refractivity contribution is 9.11. The van der Waals surface area contributed by atoms with E-state index < -0.39 is 0 Å². The zero-order valence-corrected chi connectivity index (χ0v) is 13.5. The first-order valence-corrected chi connectivity index (χ1v) is 8.18. The molecule has 1 nitrogen and oxygen atoms in total. The second kappa shape index (κ2) is 4.57. The molecular formula is C18H17BrFN. The zero-order valence-electron chi connectivity index (χ0n) is 11.9. The summed E-state index contributed by atoms with van der Waals surface area (Å²) in [5.74, 6) is 1.17. The fraction of sp³-hybridized carbons (Fsp3) is 0.333. The van der Waals surface area contributed by atoms with E-state index in [0.29, 0.717) is 5.92 Å². The van der Waals surface area contributed by atoms with E-state index in [1.807, 2.05) is 12.1 Å². The average molecular weight is 346 g/mol. The Kier molecular flexibility index (Phi) is 2.90. The summed E-state index contributed by atoms with van der Waals surface area (Å²) in [5.41, 5.74) is 2.50. The lowest BCUT2D eigenvalue weighted by Gasteiger charge is -2.40. The highest BCUT2D eigenvalue weighted by Gasteiger charge is 2.49. The molecule has 0 radical (unpaired) electrons. The fourth-order valence-electron chi connectivity index (χ4n) is 3.62. The molecule has 0 spiro atoms. The van der Waals surface area contributed by atoms with Crippen LogP contribution in [0.4, 0.5) is 4.39 Å². The van der Waals surface area contributed by atoms with Gasteiger partial charge in [0.1, 0.15) is 5.82 Å². The third-order valence-corrected chi connectivity index (χ3v) is 6.13. The first kappa shape index (κ1) is 13.3. The van der Waals surface area contributed by atoms with Crippen LogP contribution in [-0.2, 0) is 0 Å². The first-order chi connectivity index (χ1) is 10.1. The lowest BCUT2D eigenvalue weighted by molar-refractivity contribution is 0.258. The molecule has 0 amide bonds. The summed E-state index contributed by atoms with van der Waals surface area (Å²) in [4.78, 5) is 2.31. The number of nitrogens with zero attached hydrogens (tertiary/aromatic N) is 1. The standard InChI is InChI=1S/C18H17BrFN/c1-18-10-13-9-15(13)16(12-4-6-14(20)7-5-12)11-21(18)8-2-3-17(18)19/h2-8,11,13,15H,9-10H2,1H3. The third kappa shape index (κ3) is 2.10. The van der Waals surface area contributed by atoms with E-state index in [1.54, 1.807) is 12.1 Å². The maximum atomic E-state index is 13.2. The van der Waals surface area contributed by atoms with Crippen molar-refractivity contribution in [2.24, 2.45) is 11.8 Å². The minimum absolute atomic E-state index is 0.00987. The van der Waals surface area contributed by atoms with E-state index in [1.165, 1.54) is 16.5 Å². The van der Waals surface area contributed by atoms with Gasteiger partial charge in [-0.25, -0.2) is 4.39 Å². The average Bonchev–Trinajstić information content (AvgIpc) is 3.21. The molecule has 2 aliphatic heterocycles. The molecule has 21 heavy (non-hydrogen) atoms. The van der Waals surface area contributed by atoms with Crippen LogP contribution in [0.15, 0.2) is 53.3 Å². The van der Waals surface area contributed by atoms with Crippen molar-refractivity contribution in [3.8, 4) is 0 Å². The summed E-state index contributed by atoms with van der Waals surface area (Å²) < 4.78 is 14.4. The van der Waals surface area contributed by atoms with E-state index in [-0.39, 0.29) is 11.4 Å². The van der Waals surface area contributed by atoms with Crippen LogP contribution in [0.25, 0.3) is 5.57 Å². The molecular weight excluding hydrogens is 329 g/mol. The second-order valence-corrected chi connectivity index (χ2v) is 7.29. The Morgan fingerprint density at radius 3 is 2.81 bits per heavy atom. The van der Waals surface area contributed by atoms with Gasteiger partial charge in [0.25, 0.3) is 0 Å². The highest BCUT2D eigenvalue weighted by atomic mass is 79.9. The Hall–Kier alpha value is -1.35. The SMILES string of the molecule is CC12CC3CC3C(c3ccc(F)cc3)=CN1C=CC=C2Br. The predicted octanol–water partition coefficient (Wildman–Crippen LogP) is 5.07. The largest absolute Gasteiger partial charge is 0.344 e. The zero-order chi connectivity index (χ0) is 14.6. The van der Waals surface area contributed by atoms with E-state index in [4.69, 9.17) is 0 Å². The first-order valence-electron chi connectivity index (χ1n) is 7.38. The van der Waals surface area contributed by atoms with Gasteiger partial charge < -0.3 is 4.90 Å². The highest BCUT2D eigenvalue weighted by Crippen LogP contribution is 2.57. The Labute approximate surface area is 133 Å². The van der Waals surface area contributed by atoms with Crippen molar-refractivity contribution in [2.45, 2.75) is 25.3 Å². The minimum atomic E-state index is -0.172. The van der Waals surface area contributed by atoms with Crippen molar-refractivity contribution in [2.75, 3.05) is 0 Å². The number of rotatable bonds is 1. The quantitative estimate of drug-likeness (QED) is 0.686. The minimum Gasteiger partial charge on any atom is -0.344 e. The third-order valence-electron chi connectivity index (χ3n) is 5.01. The molecule has 3 aliphatic rings. The van der Waals surface area contributed by atoms with Crippen LogP contribution in [0.3, 0.4) is 0 Å². The van der Waals surface area contributed by atoms with E-state index in [9.17, 15) is 4.39 Å². The Balaban J connectivity index is 1.78. The molecule has 0 bridgehead atoms. The number of benzene rings is 1. The van der Waals surface area contributed by atoms with Gasteiger partial charge in [0.05, 0.1) is 5.54 Å². The van der Waals surface area contributed by atoms with Gasteiger partial charge in [-0.05, 0) is 67.0 Å². The Morgan fingerprint density at radius 2 is 2.05 bits per heavy atom. The van der Waals surface area contributed by atoms with Crippen molar-refractivity contribution in [3.05, 3.63) is 64.7 Å². The Bertz CT molecular complexity index is 673. The fourth-order valence-corrected chi connectivity index (χ4v) is 4.14. The summed E-state index contributed by atoms with van der Waals surface area (Å²) in [6.45, 7) is 2.29. The molecule has 3 unspecified atom stereocenters. The smallest absolute Gasteiger partial charge is 0.123 e. The second-order valence-electron chi connectivity index (χ2n) is 6.43. The van der Waals surface area contributed by atoms with Gasteiger partial charge in [0.15, 0.2) is 0 Å². The van der Waals surface area contributed by atoms with Crippen LogP contribution in [0, 0.1) is 17.7 Å². The molecule has 1 saturated carbocycles. The number of hydrogen-bond acceptors (Lipinski definition) is 1. The number of allylic oxidation sites excluding steroid dienone is 3. The summed E-state index contributed by atoms with van der Waals surface area (Å²) in [6.07, 6.45) is 11.0. The van der Waals surface area contributed by atoms with Crippen molar-refractivity contribution < 1.29 is 4.39 Å². The van der Waals surface area contributed by atoms with Gasteiger partial charge in [-0.3, -0.25) is 0 Å². The molecule has 2 heterocycles. The predicted molar refractivity (Wildman–Crippen MR) is 87.0 cm³/mol. The molecule has 1 aromatic carbocycles. The number of fused-ring (bicyclic) bond motifs is 2. The molecule has 0 N–H and O–H groups in total. The van der Waals surface area contributed by atoms with Crippen molar-refractivity contribution in [3.63, 3.8) is 0 Å². The summed E-state index contributed by atoms with van der Waals surface area (Å²) in [6, 6.07) is 6.91. The van der Waals surface area contributed by atoms with Gasteiger partial charge in [0.2, 0.25) is 0 Å². The molecule has 3 atom stereocenters. The molecule has 0 saturated heterocycles. The van der Waals surface area contributed by atoms with E-state index in [0.717, 1.165) is 17.9 Å². The van der Waals surface area contributed by atoms with Crippen molar-refractivity contribution in [1.29, 1.82) is 0 Å². The molecule has 108 valence electrons. The van der Waals surface area contributed by atoms with Gasteiger partial charge in [0, 0.05) is 16.9 Å². The molecule has 3 heteroatoms. The Morgan fingerprint density at radius 1 is 1.29 bits per heavy atom. The van der Waals surface area contributed by atoms with Gasteiger partial charge in [-0.1, -0.05) is 28.1 Å². The lowest BCUT2D eigenvalue weighted by Crippen LogP contribution is -2.41. The van der Waals surface area contributed by atoms with E-state index >= 15 is 0 Å². The van der Waals surface area contributed by atoms with Crippen molar-refractivity contribution in [1.82, 2.24) is 4.90 Å². The van der Waals surface area contributed by atoms with Crippen molar-refractivity contribution >= 4 is 21.5 Å². The number of hydrogen-bond donors (Lipinski definition) is 0. The van der Waals surface area contributed by atoms with Crippen LogP contribution in [0.5, 0.6) is 0 Å². The monoisotopic (exact) mass is 345 g/mol. The summed E-state index contributed by atoms with van der Waals surface area (Å²) >= 11 is 3.74. The van der Waals surface area contributed by atoms with Crippen LogP contribution < -0.4 is 0 Å². The maximum Gasteiger partial charge on any atom is 0.123 e. The van der Waals surface area contributed by atoms with Gasteiger partial charge >= 0.3 is 0 Å². The maximum absolute atomic E-state index is 13.2. The summed E-state index contributed by atoms with van der Waals surface area (Å²) in [7, 11) is 0. The molecule has 4 rings (SSSR count). The summed E-state index contributed by atoms with van der Waals surface area (Å²) in [5, 5.41) is 0. The van der Waals surface area contributed by atoms with E-state index in [2.05, 4.69) is 52.3 Å². The van der Waals surface area contributed by atoms with Crippen LogP contribution in [0.1, 0.15) is 25.3 Å². The van der Waals surface area contributed by atoms with Crippen LogP contribution >= 0.6 is 15.9 Å².